The van der Waals surface area contributed by atoms with Gasteiger partial charge in [0.05, 0.1) is 5.52 Å². The molecule has 0 fully saturated rings. The third kappa shape index (κ3) is 2.37. The molecule has 0 saturated heterocycles. The Balaban J connectivity index is 2.02. The van der Waals surface area contributed by atoms with Crippen LogP contribution in [0.3, 0.4) is 0 Å². The van der Waals surface area contributed by atoms with E-state index in [-0.39, 0.29) is 0 Å². The first-order valence-corrected chi connectivity index (χ1v) is 7.92. The van der Waals surface area contributed by atoms with Gasteiger partial charge in [-0.15, -0.1) is 0 Å². The summed E-state index contributed by atoms with van der Waals surface area (Å²) in [6.07, 6.45) is 6.63. The molecule has 4 aromatic rings. The fourth-order valence-corrected chi connectivity index (χ4v) is 3.04. The highest BCUT2D eigenvalue weighted by Gasteiger charge is 2.16. The van der Waals surface area contributed by atoms with E-state index in [1.807, 2.05) is 49.4 Å². The van der Waals surface area contributed by atoms with Crippen LogP contribution in [0.15, 0.2) is 59.3 Å². The van der Waals surface area contributed by atoms with Gasteiger partial charge >= 0.3 is 0 Å². The first-order chi connectivity index (χ1) is 12.2. The highest BCUT2D eigenvalue weighted by atomic mass is 16.3. The summed E-state index contributed by atoms with van der Waals surface area (Å²) in [6.45, 7) is 1.89. The molecule has 0 aliphatic heterocycles. The van der Waals surface area contributed by atoms with Crippen LogP contribution in [0, 0.1) is 5.41 Å². The summed E-state index contributed by atoms with van der Waals surface area (Å²) in [5.41, 5.74) is 10.0. The predicted molar refractivity (Wildman–Crippen MR) is 102 cm³/mol. The molecule has 0 saturated carbocycles. The maximum Gasteiger partial charge on any atom is 0.177 e. The Morgan fingerprint density at radius 1 is 1.16 bits per heavy atom. The molecule has 4 rings (SSSR count). The quantitative estimate of drug-likeness (QED) is 0.534. The smallest absolute Gasteiger partial charge is 0.177 e. The lowest BCUT2D eigenvalue weighted by atomic mass is 10.0. The molecule has 0 unspecified atom stereocenters. The average molecular weight is 328 g/mol. The maximum absolute atomic E-state index is 7.61. The number of nitrogen functional groups attached to an aromatic ring is 1. The number of pyridine rings is 2. The number of rotatable bonds is 3. The molecule has 0 atom stereocenters. The van der Waals surface area contributed by atoms with Crippen molar-refractivity contribution in [2.24, 2.45) is 0 Å². The predicted octanol–water partition coefficient (Wildman–Crippen LogP) is 4.68. The average Bonchev–Trinajstić information content (AvgIpc) is 3.10. The zero-order valence-corrected chi connectivity index (χ0v) is 13.7. The van der Waals surface area contributed by atoms with Gasteiger partial charge < -0.3 is 15.6 Å². The maximum atomic E-state index is 7.61. The minimum absolute atomic E-state index is 0.337. The van der Waals surface area contributed by atoms with Crippen LogP contribution in [-0.2, 0) is 0 Å². The molecule has 0 aliphatic rings. The number of nitrogens with one attached hydrogen (secondary N) is 1. The number of allylic oxidation sites excluding steroid dienone is 2. The Morgan fingerprint density at radius 3 is 2.84 bits per heavy atom. The van der Waals surface area contributed by atoms with Crippen LogP contribution < -0.4 is 5.73 Å². The Morgan fingerprint density at radius 2 is 2.04 bits per heavy atom. The molecule has 25 heavy (non-hydrogen) atoms. The van der Waals surface area contributed by atoms with Crippen molar-refractivity contribution in [3.63, 3.8) is 0 Å². The summed E-state index contributed by atoms with van der Waals surface area (Å²) < 4.78 is 6.06. The van der Waals surface area contributed by atoms with E-state index >= 15 is 0 Å². The highest BCUT2D eigenvalue weighted by Crippen LogP contribution is 2.36. The molecular weight excluding hydrogens is 312 g/mol. The Kier molecular flexibility index (Phi) is 3.54. The number of hydrogen-bond acceptors (Lipinski definition) is 5. The molecule has 0 radical (unpaired) electrons. The summed E-state index contributed by atoms with van der Waals surface area (Å²) in [5.74, 6) is 1.04. The van der Waals surface area contributed by atoms with Crippen molar-refractivity contribution in [2.45, 2.75) is 6.92 Å². The fourth-order valence-electron chi connectivity index (χ4n) is 3.04. The van der Waals surface area contributed by atoms with Crippen LogP contribution in [0.1, 0.15) is 12.5 Å². The molecule has 0 spiro atoms. The molecule has 5 heteroatoms. The summed E-state index contributed by atoms with van der Waals surface area (Å²) in [5, 5.41) is 9.47. The van der Waals surface area contributed by atoms with E-state index in [1.54, 1.807) is 12.4 Å². The second-order valence-electron chi connectivity index (χ2n) is 5.67. The van der Waals surface area contributed by atoms with Crippen LogP contribution in [0.25, 0.3) is 38.8 Å². The van der Waals surface area contributed by atoms with E-state index in [0.717, 1.165) is 33.0 Å². The number of furan rings is 1. The third-order valence-electron chi connectivity index (χ3n) is 4.28. The van der Waals surface area contributed by atoms with Crippen LogP contribution >= 0.6 is 0 Å². The van der Waals surface area contributed by atoms with Gasteiger partial charge in [0.25, 0.3) is 0 Å². The van der Waals surface area contributed by atoms with Crippen molar-refractivity contribution < 1.29 is 4.42 Å². The molecule has 1 aromatic carbocycles. The Labute approximate surface area is 144 Å². The summed E-state index contributed by atoms with van der Waals surface area (Å²) >= 11 is 0. The third-order valence-corrected chi connectivity index (χ3v) is 4.28. The normalized spacial score (nSPS) is 12.0. The number of benzene rings is 1. The number of hydrogen-bond donors (Lipinski definition) is 2. The lowest BCUT2D eigenvalue weighted by molar-refractivity contribution is 0.632. The first kappa shape index (κ1) is 15.1. The number of anilines is 1. The molecule has 0 bridgehead atoms. The second-order valence-corrected chi connectivity index (χ2v) is 5.67. The van der Waals surface area contributed by atoms with E-state index in [4.69, 9.17) is 15.6 Å². The molecule has 3 N–H and O–H groups in total. The van der Waals surface area contributed by atoms with E-state index < -0.39 is 0 Å². The Bertz CT molecular complexity index is 1140. The van der Waals surface area contributed by atoms with E-state index in [2.05, 4.69) is 9.97 Å². The molecule has 3 heterocycles. The van der Waals surface area contributed by atoms with E-state index in [1.165, 1.54) is 6.21 Å². The van der Waals surface area contributed by atoms with Crippen molar-refractivity contribution in [1.82, 2.24) is 9.97 Å². The van der Waals surface area contributed by atoms with Crippen LogP contribution in [0.2, 0.25) is 0 Å². The lowest BCUT2D eigenvalue weighted by Crippen LogP contribution is -1.94. The Hall–Kier alpha value is -3.47. The van der Waals surface area contributed by atoms with Gasteiger partial charge in [-0.2, -0.15) is 0 Å². The molecule has 0 amide bonds. The van der Waals surface area contributed by atoms with Crippen molar-refractivity contribution >= 4 is 39.5 Å². The monoisotopic (exact) mass is 328 g/mol. The number of aromatic nitrogens is 2. The van der Waals surface area contributed by atoms with Crippen LogP contribution in [0.4, 0.5) is 5.82 Å². The molecular formula is C20H16N4O. The van der Waals surface area contributed by atoms with Crippen molar-refractivity contribution in [3.8, 4) is 11.3 Å². The second kappa shape index (κ2) is 5.87. The van der Waals surface area contributed by atoms with Crippen LogP contribution in [0.5, 0.6) is 0 Å². The standard InChI is InChI=1S/C20H16N4O/c1-2-12(10-21)16-11-24-20(22)19-15(16)9-18(25-19)14-5-3-7-17-13(14)6-4-8-23-17/h2-11,21H,1H3,(H2,22,24)/b12-2+,21-10?. The van der Waals surface area contributed by atoms with Gasteiger partial charge in [0, 0.05) is 40.5 Å². The first-order valence-electron chi connectivity index (χ1n) is 7.92. The van der Waals surface area contributed by atoms with Gasteiger partial charge in [0.2, 0.25) is 0 Å². The number of nitrogens with zero attached hydrogens (tertiary/aromatic N) is 2. The van der Waals surface area contributed by atoms with Gasteiger partial charge in [0.1, 0.15) is 5.76 Å². The fraction of sp³-hybridized carbons (Fsp3) is 0.0500. The summed E-state index contributed by atoms with van der Waals surface area (Å²) in [4.78, 5) is 8.61. The van der Waals surface area contributed by atoms with Crippen molar-refractivity contribution in [1.29, 1.82) is 5.41 Å². The summed E-state index contributed by atoms with van der Waals surface area (Å²) in [7, 11) is 0. The SMILES string of the molecule is C/C=C(\C=N)c1cnc(N)c2oc(-c3cccc4ncccc34)cc12. The minimum atomic E-state index is 0.337. The largest absolute Gasteiger partial charge is 0.452 e. The zero-order valence-electron chi connectivity index (χ0n) is 13.7. The molecule has 122 valence electrons. The number of fused-ring (bicyclic) bond motifs is 2. The van der Waals surface area contributed by atoms with Crippen molar-refractivity contribution in [3.05, 3.63) is 60.4 Å². The number of nitrogens with two attached hydrogens (primary N) is 1. The molecule has 0 aliphatic carbocycles. The van der Waals surface area contributed by atoms with Gasteiger partial charge in [-0.3, -0.25) is 4.98 Å². The van der Waals surface area contributed by atoms with E-state index in [0.29, 0.717) is 17.2 Å². The van der Waals surface area contributed by atoms with Crippen molar-refractivity contribution in [2.75, 3.05) is 5.73 Å². The van der Waals surface area contributed by atoms with Gasteiger partial charge in [0.15, 0.2) is 11.4 Å². The zero-order chi connectivity index (χ0) is 17.4. The van der Waals surface area contributed by atoms with Crippen LogP contribution in [-0.4, -0.2) is 16.2 Å². The summed E-state index contributed by atoms with van der Waals surface area (Å²) in [6, 6.07) is 11.8. The lowest BCUT2D eigenvalue weighted by Gasteiger charge is -2.03. The highest BCUT2D eigenvalue weighted by molar-refractivity contribution is 6.14. The topological polar surface area (TPSA) is 88.8 Å². The van der Waals surface area contributed by atoms with Gasteiger partial charge in [-0.1, -0.05) is 24.3 Å². The van der Waals surface area contributed by atoms with Gasteiger partial charge in [-0.05, 0) is 30.7 Å². The molecule has 3 aromatic heterocycles. The van der Waals surface area contributed by atoms with E-state index in [9.17, 15) is 0 Å². The van der Waals surface area contributed by atoms with Gasteiger partial charge in [-0.25, -0.2) is 4.98 Å². The molecule has 5 nitrogen and oxygen atoms in total. The minimum Gasteiger partial charge on any atom is -0.452 e.